The lowest BCUT2D eigenvalue weighted by Gasteiger charge is -2.34. The number of methoxy groups -OCH3 is 1. The van der Waals surface area contributed by atoms with Gasteiger partial charge in [-0.05, 0) is 48.6 Å². The van der Waals surface area contributed by atoms with Crippen LogP contribution in [-0.2, 0) is 16.7 Å². The van der Waals surface area contributed by atoms with Crippen LogP contribution in [0.5, 0.6) is 5.75 Å². The van der Waals surface area contributed by atoms with Crippen LogP contribution in [0.1, 0.15) is 0 Å². The van der Waals surface area contributed by atoms with Gasteiger partial charge in [0.1, 0.15) is 10.6 Å². The van der Waals surface area contributed by atoms with Crippen LogP contribution in [0.15, 0.2) is 53.7 Å². The molecular weight excluding hydrogens is 477 g/mol. The van der Waals surface area contributed by atoms with Gasteiger partial charge in [0, 0.05) is 44.3 Å². The van der Waals surface area contributed by atoms with Gasteiger partial charge in [0.25, 0.3) is 0 Å². The molecule has 1 aliphatic rings. The summed E-state index contributed by atoms with van der Waals surface area (Å²) in [5.74, 6) is -4.20. The monoisotopic (exact) mass is 498 g/mol. The maximum absolute atomic E-state index is 14.1. The van der Waals surface area contributed by atoms with E-state index in [0.717, 1.165) is 21.8 Å². The minimum Gasteiger partial charge on any atom is -0.497 e. The summed E-state index contributed by atoms with van der Waals surface area (Å²) in [5, 5.41) is 0. The standard InChI is InChI=1S/C21H21F3N4O3S2/c1-31-16-4-2-15(3-5-16)28-13-10-26(21(28)32)14-25-8-11-27(12-9-25)33(29,30)18-7-6-17(22)19(23)20(18)24/h2-7,10,13H,8-9,11-12,14H2,1H3. The second-order valence-electron chi connectivity index (χ2n) is 7.46. The van der Waals surface area contributed by atoms with E-state index < -0.39 is 32.4 Å². The number of piperazine rings is 1. The average molecular weight is 499 g/mol. The number of halogens is 3. The molecule has 0 amide bonds. The molecule has 2 aromatic carbocycles. The number of aromatic nitrogens is 2. The highest BCUT2D eigenvalue weighted by molar-refractivity contribution is 7.89. The molecule has 2 heterocycles. The molecule has 0 spiro atoms. The van der Waals surface area contributed by atoms with Crippen molar-refractivity contribution in [3.63, 3.8) is 0 Å². The van der Waals surface area contributed by atoms with Crippen molar-refractivity contribution in [3.05, 3.63) is 71.0 Å². The average Bonchev–Trinajstić information content (AvgIpc) is 3.17. The van der Waals surface area contributed by atoms with Gasteiger partial charge in [-0.3, -0.25) is 9.47 Å². The second-order valence-corrected chi connectivity index (χ2v) is 9.73. The van der Waals surface area contributed by atoms with Crippen LogP contribution in [0.4, 0.5) is 13.2 Å². The number of rotatable bonds is 6. The van der Waals surface area contributed by atoms with Crippen LogP contribution in [0.3, 0.4) is 0 Å². The molecule has 12 heteroatoms. The number of sulfonamides is 1. The fourth-order valence-electron chi connectivity index (χ4n) is 3.63. The van der Waals surface area contributed by atoms with E-state index in [2.05, 4.69) is 0 Å². The molecule has 4 rings (SSSR count). The van der Waals surface area contributed by atoms with Crippen molar-refractivity contribution in [3.8, 4) is 11.4 Å². The van der Waals surface area contributed by atoms with E-state index in [0.29, 0.717) is 30.6 Å². The van der Waals surface area contributed by atoms with Crippen molar-refractivity contribution in [2.75, 3.05) is 33.3 Å². The topological polar surface area (TPSA) is 59.7 Å². The smallest absolute Gasteiger partial charge is 0.246 e. The first kappa shape index (κ1) is 23.5. The molecule has 0 unspecified atom stereocenters. The largest absolute Gasteiger partial charge is 0.497 e. The predicted molar refractivity (Wildman–Crippen MR) is 118 cm³/mol. The summed E-state index contributed by atoms with van der Waals surface area (Å²) in [6.07, 6.45) is 3.68. The Hall–Kier alpha value is -2.67. The van der Waals surface area contributed by atoms with Crippen molar-refractivity contribution in [1.82, 2.24) is 18.3 Å². The second kappa shape index (κ2) is 9.29. The van der Waals surface area contributed by atoms with Crippen LogP contribution >= 0.6 is 12.2 Å². The normalized spacial score (nSPS) is 15.6. The lowest BCUT2D eigenvalue weighted by atomic mass is 10.3. The number of hydrogen-bond acceptors (Lipinski definition) is 5. The Morgan fingerprint density at radius 3 is 2.24 bits per heavy atom. The van der Waals surface area contributed by atoms with E-state index in [1.54, 1.807) is 7.11 Å². The van der Waals surface area contributed by atoms with Gasteiger partial charge in [-0.2, -0.15) is 4.31 Å². The van der Waals surface area contributed by atoms with Gasteiger partial charge in [0.2, 0.25) is 10.0 Å². The molecule has 176 valence electrons. The lowest BCUT2D eigenvalue weighted by molar-refractivity contribution is 0.151. The zero-order chi connectivity index (χ0) is 23.8. The zero-order valence-electron chi connectivity index (χ0n) is 17.6. The lowest BCUT2D eigenvalue weighted by Crippen LogP contribution is -2.49. The Morgan fingerprint density at radius 1 is 0.939 bits per heavy atom. The maximum atomic E-state index is 14.1. The van der Waals surface area contributed by atoms with Crippen molar-refractivity contribution >= 4 is 22.2 Å². The fourth-order valence-corrected chi connectivity index (χ4v) is 5.40. The molecule has 1 aliphatic heterocycles. The SMILES string of the molecule is COc1ccc(-n2ccn(CN3CCN(S(=O)(=O)c4ccc(F)c(F)c4F)CC3)c2=S)cc1. The summed E-state index contributed by atoms with van der Waals surface area (Å²) in [7, 11) is -2.70. The minimum absolute atomic E-state index is 0.0767. The maximum Gasteiger partial charge on any atom is 0.246 e. The summed E-state index contributed by atoms with van der Waals surface area (Å²) in [6, 6.07) is 8.81. The van der Waals surface area contributed by atoms with Gasteiger partial charge in [0.15, 0.2) is 22.2 Å². The van der Waals surface area contributed by atoms with Crippen molar-refractivity contribution < 1.29 is 26.3 Å². The molecule has 1 fully saturated rings. The van der Waals surface area contributed by atoms with E-state index in [9.17, 15) is 21.6 Å². The van der Waals surface area contributed by atoms with Crippen molar-refractivity contribution in [2.45, 2.75) is 11.6 Å². The summed E-state index contributed by atoms with van der Waals surface area (Å²) in [5.41, 5.74) is 0.879. The highest BCUT2D eigenvalue weighted by Crippen LogP contribution is 2.24. The number of ether oxygens (including phenoxy) is 1. The van der Waals surface area contributed by atoms with Gasteiger partial charge in [-0.15, -0.1) is 0 Å². The van der Waals surface area contributed by atoms with Gasteiger partial charge >= 0.3 is 0 Å². The Labute approximate surface area is 194 Å². The van der Waals surface area contributed by atoms with Crippen LogP contribution in [0, 0.1) is 22.2 Å². The molecule has 0 radical (unpaired) electrons. The van der Waals surface area contributed by atoms with Crippen molar-refractivity contribution in [2.24, 2.45) is 0 Å². The first-order chi connectivity index (χ1) is 15.7. The molecule has 3 aromatic rings. The molecule has 33 heavy (non-hydrogen) atoms. The molecule has 0 aliphatic carbocycles. The molecule has 7 nitrogen and oxygen atoms in total. The summed E-state index contributed by atoms with van der Waals surface area (Å²) >= 11 is 5.57. The Morgan fingerprint density at radius 2 is 1.61 bits per heavy atom. The highest BCUT2D eigenvalue weighted by atomic mass is 32.2. The Balaban J connectivity index is 1.43. The van der Waals surface area contributed by atoms with Crippen LogP contribution in [-0.4, -0.2) is 60.0 Å². The predicted octanol–water partition coefficient (Wildman–Crippen LogP) is 3.40. The first-order valence-corrected chi connectivity index (χ1v) is 11.9. The van der Waals surface area contributed by atoms with Crippen LogP contribution in [0.2, 0.25) is 0 Å². The molecule has 0 N–H and O–H groups in total. The van der Waals surface area contributed by atoms with Gasteiger partial charge in [0.05, 0.1) is 13.8 Å². The molecular formula is C21H21F3N4O3S2. The number of benzene rings is 2. The van der Waals surface area contributed by atoms with Crippen LogP contribution < -0.4 is 4.74 Å². The molecule has 0 saturated carbocycles. The van der Waals surface area contributed by atoms with E-state index in [1.165, 1.54) is 0 Å². The summed E-state index contributed by atoms with van der Waals surface area (Å²) in [6.45, 7) is 1.32. The Kier molecular flexibility index (Phi) is 6.61. The third-order valence-electron chi connectivity index (χ3n) is 5.50. The van der Waals surface area contributed by atoms with E-state index in [-0.39, 0.29) is 13.1 Å². The van der Waals surface area contributed by atoms with Crippen molar-refractivity contribution in [1.29, 1.82) is 0 Å². The molecule has 1 aromatic heterocycles. The van der Waals surface area contributed by atoms with E-state index in [4.69, 9.17) is 17.0 Å². The first-order valence-electron chi connectivity index (χ1n) is 10.0. The molecule has 0 atom stereocenters. The minimum atomic E-state index is -4.29. The fraction of sp³-hybridized carbons (Fsp3) is 0.286. The summed E-state index contributed by atoms with van der Waals surface area (Å²) < 4.78 is 76.8. The Bertz CT molecular complexity index is 1320. The van der Waals surface area contributed by atoms with Gasteiger partial charge in [-0.25, -0.2) is 21.6 Å². The molecule has 0 bridgehead atoms. The van der Waals surface area contributed by atoms with E-state index in [1.807, 2.05) is 50.7 Å². The number of imidazole rings is 1. The number of nitrogens with zero attached hydrogens (tertiary/aromatic N) is 4. The zero-order valence-corrected chi connectivity index (χ0v) is 19.3. The van der Waals surface area contributed by atoms with Crippen LogP contribution in [0.25, 0.3) is 5.69 Å². The quantitative estimate of drug-likeness (QED) is 0.385. The van der Waals surface area contributed by atoms with Gasteiger partial charge in [-0.1, -0.05) is 0 Å². The third kappa shape index (κ3) is 4.56. The highest BCUT2D eigenvalue weighted by Gasteiger charge is 2.32. The molecule has 1 saturated heterocycles. The summed E-state index contributed by atoms with van der Waals surface area (Å²) in [4.78, 5) is 1.13. The van der Waals surface area contributed by atoms with E-state index >= 15 is 0 Å². The number of hydrogen-bond donors (Lipinski definition) is 0. The van der Waals surface area contributed by atoms with Gasteiger partial charge < -0.3 is 9.30 Å². The third-order valence-corrected chi connectivity index (χ3v) is 7.85.